The van der Waals surface area contributed by atoms with Gasteiger partial charge in [-0.25, -0.2) is 0 Å². The zero-order valence-corrected chi connectivity index (χ0v) is 22.3. The molecule has 0 radical (unpaired) electrons. The first-order valence-corrected chi connectivity index (χ1v) is 14.7. The summed E-state index contributed by atoms with van der Waals surface area (Å²) in [5.41, 5.74) is 6.30. The van der Waals surface area contributed by atoms with Gasteiger partial charge in [-0.1, -0.05) is 85.0 Å². The van der Waals surface area contributed by atoms with Crippen molar-refractivity contribution in [1.82, 2.24) is 4.40 Å². The smallest absolute Gasteiger partial charge is 0.136 e. The second-order valence-corrected chi connectivity index (χ2v) is 12.2. The summed E-state index contributed by atoms with van der Waals surface area (Å²) >= 11 is 1.89. The van der Waals surface area contributed by atoms with Crippen LogP contribution in [0.15, 0.2) is 115 Å². The molecule has 5 aromatic carbocycles. The van der Waals surface area contributed by atoms with Crippen LogP contribution in [-0.2, 0) is 0 Å². The van der Waals surface area contributed by atoms with Crippen LogP contribution >= 0.6 is 11.3 Å². The number of aromatic nitrogens is 1. The molecule has 1 aliphatic heterocycles. The number of rotatable bonds is 1. The molecule has 1 aliphatic carbocycles. The van der Waals surface area contributed by atoms with Crippen LogP contribution in [0.3, 0.4) is 0 Å². The average Bonchev–Trinajstić information content (AvgIpc) is 3.64. The van der Waals surface area contributed by atoms with E-state index < -0.39 is 0 Å². The third kappa shape index (κ3) is 2.69. The number of benzene rings is 5. The number of nitrogens with zero attached hydrogens (tertiary/aromatic N) is 1. The molecule has 3 nitrogen and oxygen atoms in total. The molecule has 8 aromatic rings. The monoisotopic (exact) mass is 529 g/mol. The van der Waals surface area contributed by atoms with Gasteiger partial charge >= 0.3 is 0 Å². The molecular weight excluding hydrogens is 506 g/mol. The van der Waals surface area contributed by atoms with E-state index in [-0.39, 0.29) is 12.1 Å². The maximum atomic E-state index is 3.86. The zero-order valence-electron chi connectivity index (χ0n) is 21.5. The van der Waals surface area contributed by atoms with E-state index in [1.165, 1.54) is 80.8 Å². The summed E-state index contributed by atoms with van der Waals surface area (Å²) in [4.78, 5) is 0. The largest absolute Gasteiger partial charge is 0.373 e. The highest BCUT2D eigenvalue weighted by Gasteiger charge is 2.31. The molecule has 0 spiro atoms. The number of fused-ring (bicyclic) bond motifs is 11. The van der Waals surface area contributed by atoms with Gasteiger partial charge in [-0.3, -0.25) is 4.40 Å². The highest BCUT2D eigenvalue weighted by atomic mass is 32.1. The molecule has 0 fully saturated rings. The quantitative estimate of drug-likeness (QED) is 0.222. The van der Waals surface area contributed by atoms with E-state index in [4.69, 9.17) is 0 Å². The van der Waals surface area contributed by atoms with E-state index in [1.807, 2.05) is 11.3 Å². The van der Waals surface area contributed by atoms with Gasteiger partial charge in [-0.15, -0.1) is 11.3 Å². The van der Waals surface area contributed by atoms with Crippen molar-refractivity contribution < 1.29 is 0 Å². The Morgan fingerprint density at radius 2 is 1.35 bits per heavy atom. The molecule has 188 valence electrons. The van der Waals surface area contributed by atoms with Crippen molar-refractivity contribution in [1.29, 1.82) is 0 Å². The molecule has 0 saturated heterocycles. The molecule has 2 N–H and O–H groups in total. The van der Waals surface area contributed by atoms with Gasteiger partial charge in [0.05, 0.1) is 28.8 Å². The lowest BCUT2D eigenvalue weighted by atomic mass is 9.99. The van der Waals surface area contributed by atoms with Crippen LogP contribution in [0, 0.1) is 0 Å². The van der Waals surface area contributed by atoms with Gasteiger partial charge in [-0.2, -0.15) is 0 Å². The number of anilines is 2. The normalized spacial score (nSPS) is 18.2. The number of allylic oxidation sites excluding steroid dienone is 2. The van der Waals surface area contributed by atoms with E-state index in [1.54, 1.807) is 0 Å². The van der Waals surface area contributed by atoms with Crippen molar-refractivity contribution in [3.8, 4) is 11.1 Å². The van der Waals surface area contributed by atoms with Gasteiger partial charge in [0.15, 0.2) is 0 Å². The first kappa shape index (κ1) is 21.1. The number of hydrogen-bond acceptors (Lipinski definition) is 3. The van der Waals surface area contributed by atoms with E-state index in [2.05, 4.69) is 130 Å². The zero-order chi connectivity index (χ0) is 25.9. The summed E-state index contributed by atoms with van der Waals surface area (Å²) < 4.78 is 5.11. The third-order valence-electron chi connectivity index (χ3n) is 8.94. The molecule has 0 bridgehead atoms. The highest BCUT2D eigenvalue weighted by molar-refractivity contribution is 7.25. The molecule has 3 aromatic heterocycles. The first-order chi connectivity index (χ1) is 19.8. The Hall–Kier alpha value is -4.80. The first-order valence-electron chi connectivity index (χ1n) is 13.9. The third-order valence-corrected chi connectivity index (χ3v) is 10.1. The Morgan fingerprint density at radius 3 is 2.27 bits per heavy atom. The van der Waals surface area contributed by atoms with E-state index in [0.717, 1.165) is 0 Å². The molecule has 2 aliphatic rings. The van der Waals surface area contributed by atoms with Crippen molar-refractivity contribution in [2.75, 3.05) is 10.6 Å². The fourth-order valence-corrected chi connectivity index (χ4v) is 8.15. The highest BCUT2D eigenvalue weighted by Crippen LogP contribution is 2.47. The van der Waals surface area contributed by atoms with Crippen LogP contribution in [0.5, 0.6) is 0 Å². The Bertz CT molecular complexity index is 2400. The number of para-hydroxylation sites is 1. The van der Waals surface area contributed by atoms with E-state index in [9.17, 15) is 0 Å². The van der Waals surface area contributed by atoms with Gasteiger partial charge in [0, 0.05) is 36.3 Å². The maximum Gasteiger partial charge on any atom is 0.136 e. The predicted octanol–water partition coefficient (Wildman–Crippen LogP) is 9.57. The van der Waals surface area contributed by atoms with Crippen LogP contribution in [0.4, 0.5) is 11.5 Å². The summed E-state index contributed by atoms with van der Waals surface area (Å²) in [6.45, 7) is 0. The molecule has 0 amide bonds. The standard InChI is InChI=1S/C36H23N3S/c1-2-7-21-16-22(13-12-20(21)6-1)23-14-15-32-27(17-23)28-18-26-24-8-5-9-25-34-36(38-30-11-4-3-10-29(30)37-34)39(35(24)25)31(26)19-33(28)40-32/h1-19,29-30,37-38H. The summed E-state index contributed by atoms with van der Waals surface area (Å²) in [6, 6.07) is 34.4. The molecular formula is C36H23N3S. The van der Waals surface area contributed by atoms with Crippen molar-refractivity contribution >= 4 is 81.0 Å². The maximum absolute atomic E-state index is 3.86. The molecule has 4 heteroatoms. The van der Waals surface area contributed by atoms with Crippen LogP contribution in [0.25, 0.3) is 69.3 Å². The van der Waals surface area contributed by atoms with E-state index >= 15 is 0 Å². The molecule has 0 saturated carbocycles. The van der Waals surface area contributed by atoms with Crippen LogP contribution in [-0.4, -0.2) is 16.5 Å². The lowest BCUT2D eigenvalue weighted by molar-refractivity contribution is 0.760. The molecule has 40 heavy (non-hydrogen) atoms. The Morgan fingerprint density at radius 1 is 0.575 bits per heavy atom. The van der Waals surface area contributed by atoms with Crippen molar-refractivity contribution in [2.45, 2.75) is 12.1 Å². The predicted molar refractivity (Wildman–Crippen MR) is 173 cm³/mol. The minimum absolute atomic E-state index is 0.243. The SMILES string of the molecule is C1=CC2Nc3c(n4c5cc6sc7ccc(-c8ccc9ccccc9c8)cc7c6cc5c5cccc3c54)NC2C=C1. The van der Waals surface area contributed by atoms with Crippen LogP contribution < -0.4 is 10.6 Å². The fraction of sp³-hybridized carbons (Fsp3) is 0.0556. The van der Waals surface area contributed by atoms with Gasteiger partial charge in [-0.05, 0) is 52.2 Å². The van der Waals surface area contributed by atoms with Gasteiger partial charge in [0.1, 0.15) is 5.82 Å². The summed E-state index contributed by atoms with van der Waals surface area (Å²) in [5, 5.41) is 16.8. The lowest BCUT2D eigenvalue weighted by Crippen LogP contribution is -2.41. The summed E-state index contributed by atoms with van der Waals surface area (Å²) in [5.74, 6) is 1.17. The molecule has 10 rings (SSSR count). The van der Waals surface area contributed by atoms with E-state index in [0.29, 0.717) is 0 Å². The van der Waals surface area contributed by atoms with Crippen LogP contribution in [0.1, 0.15) is 0 Å². The van der Waals surface area contributed by atoms with Gasteiger partial charge < -0.3 is 10.6 Å². The topological polar surface area (TPSA) is 28.5 Å². The molecule has 2 unspecified atom stereocenters. The second kappa shape index (κ2) is 7.44. The minimum Gasteiger partial charge on any atom is -0.373 e. The van der Waals surface area contributed by atoms with Crippen LogP contribution in [0.2, 0.25) is 0 Å². The lowest BCUT2D eigenvalue weighted by Gasteiger charge is -2.33. The number of nitrogens with one attached hydrogen (secondary N) is 2. The van der Waals surface area contributed by atoms with Crippen molar-refractivity contribution in [3.63, 3.8) is 0 Å². The van der Waals surface area contributed by atoms with Gasteiger partial charge in [0.2, 0.25) is 0 Å². The molecule has 2 atom stereocenters. The second-order valence-electron chi connectivity index (χ2n) is 11.1. The summed E-state index contributed by atoms with van der Waals surface area (Å²) in [7, 11) is 0. The number of thiophene rings is 1. The fourth-order valence-electron chi connectivity index (χ4n) is 7.05. The Labute approximate surface area is 234 Å². The van der Waals surface area contributed by atoms with Gasteiger partial charge in [0.25, 0.3) is 0 Å². The Kier molecular flexibility index (Phi) is 3.92. The summed E-state index contributed by atoms with van der Waals surface area (Å²) in [6.07, 6.45) is 8.78. The minimum atomic E-state index is 0.243. The Balaban J connectivity index is 1.22. The molecule has 4 heterocycles. The number of hydrogen-bond donors (Lipinski definition) is 2. The van der Waals surface area contributed by atoms with Crippen molar-refractivity contribution in [2.24, 2.45) is 0 Å². The van der Waals surface area contributed by atoms with Crippen molar-refractivity contribution in [3.05, 3.63) is 115 Å². The average molecular weight is 530 g/mol.